The molecule has 0 aliphatic heterocycles. The summed E-state index contributed by atoms with van der Waals surface area (Å²) in [6.45, 7) is 2.10. The lowest BCUT2D eigenvalue weighted by molar-refractivity contribution is -0.189. The first-order valence-corrected chi connectivity index (χ1v) is 12.7. The largest absolute Gasteiger partial charge is 0.432 e. The molecule has 0 amide bonds. The van der Waals surface area contributed by atoms with Gasteiger partial charge in [0.1, 0.15) is 34.6 Å². The monoisotopic (exact) mass is 592 g/mol. The summed E-state index contributed by atoms with van der Waals surface area (Å²) in [4.78, 5) is 0. The number of hydrogen-bond acceptors (Lipinski definition) is 1. The van der Waals surface area contributed by atoms with Crippen molar-refractivity contribution in [2.75, 3.05) is 0 Å². The maximum absolute atomic E-state index is 14.8. The lowest BCUT2D eigenvalue weighted by Gasteiger charge is -2.19. The van der Waals surface area contributed by atoms with Crippen LogP contribution in [0.1, 0.15) is 48.4 Å². The Morgan fingerprint density at radius 3 is 1.76 bits per heavy atom. The van der Waals surface area contributed by atoms with E-state index in [9.17, 15) is 39.5 Å². The van der Waals surface area contributed by atoms with Crippen LogP contribution < -0.4 is 4.74 Å². The molecule has 0 aromatic heterocycles. The molecule has 4 aromatic rings. The summed E-state index contributed by atoms with van der Waals surface area (Å²) in [5.41, 5.74) is -1.32. The molecule has 4 rings (SSSR count). The molecule has 42 heavy (non-hydrogen) atoms. The van der Waals surface area contributed by atoms with Crippen LogP contribution in [0.5, 0.6) is 5.75 Å². The van der Waals surface area contributed by atoms with Gasteiger partial charge in [-0.2, -0.15) is 8.78 Å². The Morgan fingerprint density at radius 2 is 1.21 bits per heavy atom. The highest BCUT2D eigenvalue weighted by atomic mass is 19.3. The minimum absolute atomic E-state index is 0.0695. The van der Waals surface area contributed by atoms with Crippen LogP contribution in [0.3, 0.4) is 0 Å². The number of halogens is 9. The first kappa shape index (κ1) is 30.6. The Bertz CT molecular complexity index is 1600. The number of aryl methyl sites for hydroxylation is 1. The Morgan fingerprint density at radius 1 is 0.643 bits per heavy atom. The van der Waals surface area contributed by atoms with Gasteiger partial charge in [0.25, 0.3) is 0 Å². The predicted molar refractivity (Wildman–Crippen MR) is 138 cm³/mol. The third-order valence-electron chi connectivity index (χ3n) is 6.27. The molecule has 0 atom stereocenters. The molecule has 0 fully saturated rings. The molecule has 10 heteroatoms. The molecule has 1 nitrogen and oxygen atoms in total. The summed E-state index contributed by atoms with van der Waals surface area (Å²) in [5.74, 6) is -8.54. The molecule has 0 heterocycles. The molecule has 218 valence electrons. The van der Waals surface area contributed by atoms with Gasteiger partial charge in [0.05, 0.1) is 5.56 Å². The first-order chi connectivity index (χ1) is 19.9. The number of benzene rings is 4. The third kappa shape index (κ3) is 6.90. The standard InChI is InChI=1S/C32H21F9O/c1-2-3-4-5-18-6-9-20(10-7-18)21-14-24(33)23(25(34)15-21)11-8-19-12-26(35)30(27(36)13-19)32(40,41)42-22-16-28(37)31(39)29(38)17-22/h6-7,9-10,12-17H,2-5H2,1H3. The Kier molecular flexibility index (Phi) is 9.20. The zero-order valence-corrected chi connectivity index (χ0v) is 21.9. The lowest BCUT2D eigenvalue weighted by Crippen LogP contribution is -2.25. The second kappa shape index (κ2) is 12.6. The molecule has 0 aliphatic carbocycles. The topological polar surface area (TPSA) is 9.23 Å². The first-order valence-electron chi connectivity index (χ1n) is 12.7. The maximum Gasteiger partial charge on any atom is 0.432 e. The Hall–Kier alpha value is -4.39. The van der Waals surface area contributed by atoms with Gasteiger partial charge in [-0.1, -0.05) is 55.9 Å². The van der Waals surface area contributed by atoms with Gasteiger partial charge in [-0.25, -0.2) is 30.7 Å². The summed E-state index contributed by atoms with van der Waals surface area (Å²) >= 11 is 0. The second-order valence-electron chi connectivity index (χ2n) is 9.35. The van der Waals surface area contributed by atoms with Gasteiger partial charge in [-0.05, 0) is 53.8 Å². The molecule has 0 saturated carbocycles. The van der Waals surface area contributed by atoms with Crippen LogP contribution in [0.4, 0.5) is 39.5 Å². The molecular weight excluding hydrogens is 571 g/mol. The Labute approximate surface area is 235 Å². The number of ether oxygens (including phenoxy) is 1. The predicted octanol–water partition coefficient (Wildman–Crippen LogP) is 9.59. The van der Waals surface area contributed by atoms with Crippen LogP contribution >= 0.6 is 0 Å². The quantitative estimate of drug-likeness (QED) is 0.0857. The van der Waals surface area contributed by atoms with Gasteiger partial charge in [0, 0.05) is 17.7 Å². The van der Waals surface area contributed by atoms with Crippen LogP contribution in [0.2, 0.25) is 0 Å². The number of rotatable bonds is 8. The normalized spacial score (nSPS) is 11.3. The lowest BCUT2D eigenvalue weighted by atomic mass is 9.99. The minimum Gasteiger partial charge on any atom is -0.429 e. The Balaban J connectivity index is 1.56. The van der Waals surface area contributed by atoms with E-state index in [0.717, 1.165) is 43.4 Å². The van der Waals surface area contributed by atoms with Gasteiger partial charge in [-0.3, -0.25) is 0 Å². The van der Waals surface area contributed by atoms with Gasteiger partial charge in [0.15, 0.2) is 17.5 Å². The highest BCUT2D eigenvalue weighted by Crippen LogP contribution is 2.36. The molecule has 0 bridgehead atoms. The zero-order chi connectivity index (χ0) is 30.6. The van der Waals surface area contributed by atoms with Crippen molar-refractivity contribution in [2.24, 2.45) is 0 Å². The third-order valence-corrected chi connectivity index (χ3v) is 6.27. The van der Waals surface area contributed by atoms with Gasteiger partial charge in [0.2, 0.25) is 0 Å². The molecule has 0 spiro atoms. The molecular formula is C32H21F9O. The van der Waals surface area contributed by atoms with E-state index in [1.807, 2.05) is 12.1 Å². The van der Waals surface area contributed by atoms with E-state index >= 15 is 0 Å². The van der Waals surface area contributed by atoms with Crippen molar-refractivity contribution in [3.63, 3.8) is 0 Å². The minimum atomic E-state index is -4.79. The van der Waals surface area contributed by atoms with Crippen molar-refractivity contribution >= 4 is 0 Å². The molecule has 0 unspecified atom stereocenters. The van der Waals surface area contributed by atoms with Crippen molar-refractivity contribution in [1.82, 2.24) is 0 Å². The summed E-state index contributed by atoms with van der Waals surface area (Å²) in [5, 5.41) is 0. The van der Waals surface area contributed by atoms with Crippen LogP contribution in [-0.4, -0.2) is 0 Å². The van der Waals surface area contributed by atoms with E-state index in [4.69, 9.17) is 0 Å². The summed E-state index contributed by atoms with van der Waals surface area (Å²) in [6.07, 6.45) is -0.715. The van der Waals surface area contributed by atoms with E-state index in [2.05, 4.69) is 23.5 Å². The fraction of sp³-hybridized carbons (Fsp3) is 0.188. The summed E-state index contributed by atoms with van der Waals surface area (Å²) < 4.78 is 131. The smallest absolute Gasteiger partial charge is 0.429 e. The zero-order valence-electron chi connectivity index (χ0n) is 21.9. The fourth-order valence-corrected chi connectivity index (χ4v) is 4.15. The van der Waals surface area contributed by atoms with Gasteiger partial charge < -0.3 is 4.74 Å². The van der Waals surface area contributed by atoms with Crippen LogP contribution in [0, 0.1) is 52.6 Å². The van der Waals surface area contributed by atoms with Gasteiger partial charge >= 0.3 is 6.11 Å². The summed E-state index contributed by atoms with van der Waals surface area (Å²) in [6, 6.07) is 10.2. The average Bonchev–Trinajstić information content (AvgIpc) is 2.91. The molecule has 0 N–H and O–H groups in total. The second-order valence-corrected chi connectivity index (χ2v) is 9.35. The number of alkyl halides is 2. The van der Waals surface area contributed by atoms with Crippen molar-refractivity contribution in [1.29, 1.82) is 0 Å². The van der Waals surface area contributed by atoms with Crippen molar-refractivity contribution < 1.29 is 44.3 Å². The van der Waals surface area contributed by atoms with E-state index in [1.165, 1.54) is 0 Å². The van der Waals surface area contributed by atoms with Crippen LogP contribution in [-0.2, 0) is 12.5 Å². The van der Waals surface area contributed by atoms with E-state index in [0.29, 0.717) is 17.7 Å². The average molecular weight is 593 g/mol. The number of unbranched alkanes of at least 4 members (excludes halogenated alkanes) is 2. The van der Waals surface area contributed by atoms with Crippen molar-refractivity contribution in [3.05, 3.63) is 124 Å². The van der Waals surface area contributed by atoms with E-state index < -0.39 is 69.3 Å². The molecule has 0 aliphatic rings. The fourth-order valence-electron chi connectivity index (χ4n) is 4.15. The SMILES string of the molecule is CCCCCc1ccc(-c2cc(F)c(C#Cc3cc(F)c(C(F)(F)Oc4cc(F)c(F)c(F)c4)c(F)c3)c(F)c2)cc1. The molecule has 4 aromatic carbocycles. The van der Waals surface area contributed by atoms with Crippen molar-refractivity contribution in [3.8, 4) is 28.7 Å². The summed E-state index contributed by atoms with van der Waals surface area (Å²) in [7, 11) is 0. The van der Waals surface area contributed by atoms with E-state index in [1.54, 1.807) is 12.1 Å². The van der Waals surface area contributed by atoms with Crippen LogP contribution in [0.15, 0.2) is 60.7 Å². The van der Waals surface area contributed by atoms with Gasteiger partial charge in [-0.15, -0.1) is 0 Å². The van der Waals surface area contributed by atoms with E-state index in [-0.39, 0.29) is 17.7 Å². The van der Waals surface area contributed by atoms with Crippen LogP contribution in [0.25, 0.3) is 11.1 Å². The highest BCUT2D eigenvalue weighted by Gasteiger charge is 2.41. The molecule has 0 saturated heterocycles. The molecule has 0 radical (unpaired) electrons. The number of hydrogen-bond donors (Lipinski definition) is 0. The van der Waals surface area contributed by atoms with Crippen molar-refractivity contribution in [2.45, 2.75) is 38.7 Å². The maximum atomic E-state index is 14.8. The highest BCUT2D eigenvalue weighted by molar-refractivity contribution is 5.65.